The lowest BCUT2D eigenvalue weighted by molar-refractivity contribution is 0.0476. The standard InChI is InChI=1S/C7H16N2O/c1-3-5-7(9)6(8)4(2)10-5/h4-7H,3,8-9H2,1-2H3/t4-,5+,6?,7-/m0/s1. The third kappa shape index (κ3) is 1.17. The predicted molar refractivity (Wildman–Crippen MR) is 40.6 cm³/mol. The molecule has 1 heterocycles. The van der Waals surface area contributed by atoms with E-state index in [1.165, 1.54) is 0 Å². The Morgan fingerprint density at radius 1 is 1.30 bits per heavy atom. The van der Waals surface area contributed by atoms with E-state index in [9.17, 15) is 0 Å². The summed E-state index contributed by atoms with van der Waals surface area (Å²) in [5.41, 5.74) is 11.5. The minimum Gasteiger partial charge on any atom is -0.372 e. The highest BCUT2D eigenvalue weighted by Gasteiger charge is 2.36. The van der Waals surface area contributed by atoms with Crippen LogP contribution in [-0.2, 0) is 4.74 Å². The average molecular weight is 144 g/mol. The number of ether oxygens (including phenoxy) is 1. The lowest BCUT2D eigenvalue weighted by Crippen LogP contribution is -2.45. The maximum absolute atomic E-state index is 5.77. The summed E-state index contributed by atoms with van der Waals surface area (Å²) in [5, 5.41) is 0. The molecule has 0 saturated carbocycles. The van der Waals surface area contributed by atoms with Crippen molar-refractivity contribution >= 4 is 0 Å². The largest absolute Gasteiger partial charge is 0.372 e. The molecule has 0 aliphatic carbocycles. The van der Waals surface area contributed by atoms with E-state index in [2.05, 4.69) is 6.92 Å². The highest BCUT2D eigenvalue weighted by molar-refractivity contribution is 4.93. The summed E-state index contributed by atoms with van der Waals surface area (Å²) >= 11 is 0. The number of rotatable bonds is 1. The molecule has 10 heavy (non-hydrogen) atoms. The fourth-order valence-corrected chi connectivity index (χ4v) is 1.39. The highest BCUT2D eigenvalue weighted by atomic mass is 16.5. The van der Waals surface area contributed by atoms with Crippen molar-refractivity contribution in [2.45, 2.75) is 44.6 Å². The molecule has 1 aliphatic heterocycles. The van der Waals surface area contributed by atoms with Crippen molar-refractivity contribution in [2.24, 2.45) is 11.5 Å². The molecule has 0 spiro atoms. The molecule has 0 amide bonds. The zero-order chi connectivity index (χ0) is 7.72. The zero-order valence-corrected chi connectivity index (χ0v) is 6.58. The Balaban J connectivity index is 2.53. The van der Waals surface area contributed by atoms with Gasteiger partial charge in [-0.25, -0.2) is 0 Å². The van der Waals surface area contributed by atoms with E-state index >= 15 is 0 Å². The Morgan fingerprint density at radius 3 is 2.10 bits per heavy atom. The van der Waals surface area contributed by atoms with Crippen LogP contribution in [0.15, 0.2) is 0 Å². The van der Waals surface area contributed by atoms with Crippen molar-refractivity contribution in [1.82, 2.24) is 0 Å². The molecule has 3 heteroatoms. The summed E-state index contributed by atoms with van der Waals surface area (Å²) < 4.78 is 5.48. The van der Waals surface area contributed by atoms with Gasteiger partial charge in [-0.3, -0.25) is 0 Å². The smallest absolute Gasteiger partial charge is 0.0743 e. The third-order valence-corrected chi connectivity index (χ3v) is 2.21. The quantitative estimate of drug-likeness (QED) is 0.537. The second-order valence-electron chi connectivity index (χ2n) is 2.94. The lowest BCUT2D eigenvalue weighted by Gasteiger charge is -2.13. The van der Waals surface area contributed by atoms with Crippen LogP contribution in [0.5, 0.6) is 0 Å². The summed E-state index contributed by atoms with van der Waals surface area (Å²) in [5.74, 6) is 0. The van der Waals surface area contributed by atoms with Crippen LogP contribution >= 0.6 is 0 Å². The highest BCUT2D eigenvalue weighted by Crippen LogP contribution is 2.19. The Kier molecular flexibility index (Phi) is 2.28. The van der Waals surface area contributed by atoms with E-state index < -0.39 is 0 Å². The first kappa shape index (κ1) is 7.98. The van der Waals surface area contributed by atoms with Crippen LogP contribution < -0.4 is 11.5 Å². The van der Waals surface area contributed by atoms with Gasteiger partial charge in [0.05, 0.1) is 12.2 Å². The van der Waals surface area contributed by atoms with E-state index in [4.69, 9.17) is 16.2 Å². The minimum absolute atomic E-state index is 0.0185. The van der Waals surface area contributed by atoms with E-state index in [1.807, 2.05) is 6.92 Å². The van der Waals surface area contributed by atoms with Crippen molar-refractivity contribution in [3.05, 3.63) is 0 Å². The summed E-state index contributed by atoms with van der Waals surface area (Å²) in [6, 6.07) is 0.0462. The predicted octanol–water partition coefficient (Wildman–Crippen LogP) is -0.162. The first-order valence-corrected chi connectivity index (χ1v) is 3.83. The molecule has 0 aromatic rings. The minimum atomic E-state index is 0.0185. The van der Waals surface area contributed by atoms with E-state index in [0.717, 1.165) is 6.42 Å². The number of hydrogen-bond acceptors (Lipinski definition) is 3. The molecular formula is C7H16N2O. The topological polar surface area (TPSA) is 61.3 Å². The fraction of sp³-hybridized carbons (Fsp3) is 1.00. The Morgan fingerprint density at radius 2 is 1.90 bits per heavy atom. The van der Waals surface area contributed by atoms with E-state index in [-0.39, 0.29) is 24.3 Å². The molecular weight excluding hydrogens is 128 g/mol. The van der Waals surface area contributed by atoms with E-state index in [0.29, 0.717) is 0 Å². The van der Waals surface area contributed by atoms with Crippen molar-refractivity contribution in [3.63, 3.8) is 0 Å². The van der Waals surface area contributed by atoms with E-state index in [1.54, 1.807) is 0 Å². The van der Waals surface area contributed by atoms with Gasteiger partial charge in [0.25, 0.3) is 0 Å². The molecule has 0 aromatic heterocycles. The monoisotopic (exact) mass is 144 g/mol. The van der Waals surface area contributed by atoms with Crippen LogP contribution in [0.3, 0.4) is 0 Å². The molecule has 1 saturated heterocycles. The number of hydrogen-bond donors (Lipinski definition) is 2. The number of nitrogens with two attached hydrogens (primary N) is 2. The van der Waals surface area contributed by atoms with Crippen LogP contribution in [0.4, 0.5) is 0 Å². The van der Waals surface area contributed by atoms with Crippen molar-refractivity contribution in [1.29, 1.82) is 0 Å². The second kappa shape index (κ2) is 2.86. The molecule has 4 N–H and O–H groups in total. The molecule has 0 bridgehead atoms. The molecule has 3 nitrogen and oxygen atoms in total. The van der Waals surface area contributed by atoms with Gasteiger partial charge >= 0.3 is 0 Å². The van der Waals surface area contributed by atoms with Crippen molar-refractivity contribution < 1.29 is 4.74 Å². The van der Waals surface area contributed by atoms with Gasteiger partial charge in [-0.2, -0.15) is 0 Å². The first-order valence-electron chi connectivity index (χ1n) is 3.83. The fourth-order valence-electron chi connectivity index (χ4n) is 1.39. The summed E-state index contributed by atoms with van der Waals surface area (Å²) in [7, 11) is 0. The van der Waals surface area contributed by atoms with Gasteiger partial charge in [0, 0.05) is 12.1 Å². The van der Waals surface area contributed by atoms with Crippen LogP contribution in [0.1, 0.15) is 20.3 Å². The lowest BCUT2D eigenvalue weighted by atomic mass is 10.0. The van der Waals surface area contributed by atoms with Crippen molar-refractivity contribution in [2.75, 3.05) is 0 Å². The Labute approximate surface area is 61.7 Å². The maximum atomic E-state index is 5.77. The van der Waals surface area contributed by atoms with Crippen LogP contribution in [0.2, 0.25) is 0 Å². The SMILES string of the molecule is CC[C@H]1O[C@@H](C)C(N)[C@H]1N. The normalized spacial score (nSPS) is 48.0. The molecule has 0 radical (unpaired) electrons. The molecule has 1 rings (SSSR count). The molecule has 4 atom stereocenters. The third-order valence-electron chi connectivity index (χ3n) is 2.21. The van der Waals surface area contributed by atoms with Gasteiger partial charge in [-0.05, 0) is 13.3 Å². The van der Waals surface area contributed by atoms with Gasteiger partial charge < -0.3 is 16.2 Å². The van der Waals surface area contributed by atoms with Crippen LogP contribution in [-0.4, -0.2) is 24.3 Å². The molecule has 1 unspecified atom stereocenters. The molecule has 60 valence electrons. The maximum Gasteiger partial charge on any atom is 0.0743 e. The zero-order valence-electron chi connectivity index (χ0n) is 6.58. The molecule has 1 fully saturated rings. The van der Waals surface area contributed by atoms with Gasteiger partial charge in [0.2, 0.25) is 0 Å². The Hall–Kier alpha value is -0.120. The van der Waals surface area contributed by atoms with Crippen molar-refractivity contribution in [3.8, 4) is 0 Å². The van der Waals surface area contributed by atoms with Gasteiger partial charge in [0.15, 0.2) is 0 Å². The Bertz CT molecular complexity index is 118. The van der Waals surface area contributed by atoms with Gasteiger partial charge in [0.1, 0.15) is 0 Å². The van der Waals surface area contributed by atoms with Gasteiger partial charge in [-0.15, -0.1) is 0 Å². The van der Waals surface area contributed by atoms with Gasteiger partial charge in [-0.1, -0.05) is 6.92 Å². The summed E-state index contributed by atoms with van der Waals surface area (Å²) in [6.07, 6.45) is 1.25. The van der Waals surface area contributed by atoms with Crippen LogP contribution in [0.25, 0.3) is 0 Å². The second-order valence-corrected chi connectivity index (χ2v) is 2.94. The summed E-state index contributed by atoms with van der Waals surface area (Å²) in [4.78, 5) is 0. The molecule has 1 aliphatic rings. The summed E-state index contributed by atoms with van der Waals surface area (Å²) in [6.45, 7) is 4.04. The average Bonchev–Trinajstić information content (AvgIpc) is 2.17. The first-order chi connectivity index (χ1) is 4.66. The molecule has 0 aromatic carbocycles. The van der Waals surface area contributed by atoms with Crippen LogP contribution in [0, 0.1) is 0 Å².